The molecule has 0 aromatic heterocycles. The van der Waals surface area contributed by atoms with E-state index in [4.69, 9.17) is 16.3 Å². The van der Waals surface area contributed by atoms with Crippen LogP contribution in [0.4, 0.5) is 5.69 Å². The molecule has 0 fully saturated rings. The van der Waals surface area contributed by atoms with Crippen molar-refractivity contribution in [2.75, 3.05) is 18.4 Å². The standard InChI is InChI=1S/C19H23ClN2O4S/c1-4-22(5-2)27(24,25)18-12-8-16(9-13-18)21-19(23)14(3)26-17-10-6-15(20)7-11-17/h6-14H,4-5H2,1-3H3,(H,21,23). The van der Waals surface area contributed by atoms with Crippen LogP contribution in [0.25, 0.3) is 0 Å². The highest BCUT2D eigenvalue weighted by Crippen LogP contribution is 2.20. The van der Waals surface area contributed by atoms with Crippen LogP contribution in [0.3, 0.4) is 0 Å². The van der Waals surface area contributed by atoms with E-state index in [0.717, 1.165) is 0 Å². The molecule has 0 bridgehead atoms. The number of nitrogens with one attached hydrogen (secondary N) is 1. The normalized spacial score (nSPS) is 12.6. The van der Waals surface area contributed by atoms with Gasteiger partial charge in [-0.2, -0.15) is 4.31 Å². The van der Waals surface area contributed by atoms with Crippen molar-refractivity contribution < 1.29 is 17.9 Å². The molecule has 2 aromatic carbocycles. The van der Waals surface area contributed by atoms with Crippen LogP contribution in [0.15, 0.2) is 53.4 Å². The molecule has 0 aliphatic rings. The van der Waals surface area contributed by atoms with Crippen molar-refractivity contribution in [2.45, 2.75) is 31.8 Å². The second kappa shape index (κ2) is 9.21. The summed E-state index contributed by atoms with van der Waals surface area (Å²) in [5.41, 5.74) is 0.491. The Balaban J connectivity index is 2.03. The monoisotopic (exact) mass is 410 g/mol. The van der Waals surface area contributed by atoms with E-state index in [0.29, 0.717) is 29.5 Å². The molecule has 27 heavy (non-hydrogen) atoms. The molecule has 0 saturated carbocycles. The van der Waals surface area contributed by atoms with Crippen molar-refractivity contribution in [3.8, 4) is 5.75 Å². The van der Waals surface area contributed by atoms with E-state index in [1.165, 1.54) is 16.4 Å². The summed E-state index contributed by atoms with van der Waals surface area (Å²) in [4.78, 5) is 12.5. The third kappa shape index (κ3) is 5.45. The Bertz CT molecular complexity index is 864. The molecule has 0 heterocycles. The van der Waals surface area contributed by atoms with Gasteiger partial charge in [-0.3, -0.25) is 4.79 Å². The first kappa shape index (κ1) is 21.2. The van der Waals surface area contributed by atoms with Crippen LogP contribution in [0.5, 0.6) is 5.75 Å². The number of ether oxygens (including phenoxy) is 1. The Hall–Kier alpha value is -2.09. The van der Waals surface area contributed by atoms with Crippen LogP contribution < -0.4 is 10.1 Å². The molecule has 8 heteroatoms. The maximum atomic E-state index is 12.5. The molecule has 1 amide bonds. The molecule has 0 saturated heterocycles. The van der Waals surface area contributed by atoms with E-state index in [1.54, 1.807) is 57.2 Å². The van der Waals surface area contributed by atoms with E-state index >= 15 is 0 Å². The minimum atomic E-state index is -3.52. The van der Waals surface area contributed by atoms with Gasteiger partial charge in [-0.05, 0) is 55.5 Å². The van der Waals surface area contributed by atoms with Gasteiger partial charge < -0.3 is 10.1 Å². The summed E-state index contributed by atoms with van der Waals surface area (Å²) >= 11 is 5.82. The third-order valence-electron chi connectivity index (χ3n) is 3.96. The molecule has 2 aromatic rings. The van der Waals surface area contributed by atoms with Gasteiger partial charge in [0.15, 0.2) is 6.10 Å². The van der Waals surface area contributed by atoms with E-state index < -0.39 is 16.1 Å². The van der Waals surface area contributed by atoms with Gasteiger partial charge in [0.05, 0.1) is 4.90 Å². The highest BCUT2D eigenvalue weighted by Gasteiger charge is 2.21. The quantitative estimate of drug-likeness (QED) is 0.718. The zero-order chi connectivity index (χ0) is 20.0. The van der Waals surface area contributed by atoms with Crippen LogP contribution >= 0.6 is 11.6 Å². The van der Waals surface area contributed by atoms with Crippen molar-refractivity contribution >= 4 is 33.2 Å². The molecule has 6 nitrogen and oxygen atoms in total. The van der Waals surface area contributed by atoms with Crippen LogP contribution in [0.1, 0.15) is 20.8 Å². The van der Waals surface area contributed by atoms with Crippen molar-refractivity contribution in [1.29, 1.82) is 0 Å². The summed E-state index contributed by atoms with van der Waals surface area (Å²) in [7, 11) is -3.52. The Kier molecular flexibility index (Phi) is 7.24. The number of amides is 1. The Morgan fingerprint density at radius 1 is 1.07 bits per heavy atom. The number of hydrogen-bond donors (Lipinski definition) is 1. The minimum absolute atomic E-state index is 0.190. The van der Waals surface area contributed by atoms with Crippen molar-refractivity contribution in [3.63, 3.8) is 0 Å². The predicted octanol–water partition coefficient (Wildman–Crippen LogP) is 3.78. The molecule has 0 aliphatic heterocycles. The van der Waals surface area contributed by atoms with E-state index in [1.807, 2.05) is 0 Å². The maximum absolute atomic E-state index is 12.5. The number of nitrogens with zero attached hydrogens (tertiary/aromatic N) is 1. The molecule has 0 radical (unpaired) electrons. The van der Waals surface area contributed by atoms with Crippen LogP contribution in [0.2, 0.25) is 5.02 Å². The SMILES string of the molecule is CCN(CC)S(=O)(=O)c1ccc(NC(=O)C(C)Oc2ccc(Cl)cc2)cc1. The molecule has 0 aliphatic carbocycles. The average molecular weight is 411 g/mol. The summed E-state index contributed by atoms with van der Waals surface area (Å²) in [6, 6.07) is 12.8. The van der Waals surface area contributed by atoms with Gasteiger partial charge in [0.2, 0.25) is 10.0 Å². The first-order valence-corrected chi connectivity index (χ1v) is 10.4. The van der Waals surface area contributed by atoms with Crippen LogP contribution in [0, 0.1) is 0 Å². The fourth-order valence-electron chi connectivity index (χ4n) is 2.44. The molecular weight excluding hydrogens is 388 g/mol. The van der Waals surface area contributed by atoms with Gasteiger partial charge in [-0.15, -0.1) is 0 Å². The lowest BCUT2D eigenvalue weighted by Gasteiger charge is -2.19. The van der Waals surface area contributed by atoms with Crippen molar-refractivity contribution in [2.24, 2.45) is 0 Å². The van der Waals surface area contributed by atoms with Crippen molar-refractivity contribution in [1.82, 2.24) is 4.31 Å². The highest BCUT2D eigenvalue weighted by molar-refractivity contribution is 7.89. The zero-order valence-electron chi connectivity index (χ0n) is 15.5. The number of carbonyl (C=O) groups excluding carboxylic acids is 1. The second-order valence-corrected chi connectivity index (χ2v) is 8.19. The van der Waals surface area contributed by atoms with Gasteiger partial charge >= 0.3 is 0 Å². The molecule has 1 N–H and O–H groups in total. The number of halogens is 1. The maximum Gasteiger partial charge on any atom is 0.265 e. The molecule has 1 unspecified atom stereocenters. The Labute approximate surface area is 165 Å². The van der Waals surface area contributed by atoms with Crippen LogP contribution in [-0.4, -0.2) is 37.8 Å². The highest BCUT2D eigenvalue weighted by atomic mass is 35.5. The summed E-state index contributed by atoms with van der Waals surface area (Å²) < 4.78 is 31.9. The number of rotatable bonds is 8. The fraction of sp³-hybridized carbons (Fsp3) is 0.316. The lowest BCUT2D eigenvalue weighted by Crippen LogP contribution is -2.31. The number of carbonyl (C=O) groups is 1. The number of sulfonamides is 1. The first-order chi connectivity index (χ1) is 12.8. The molecular formula is C19H23ClN2O4S. The van der Waals surface area contributed by atoms with Gasteiger partial charge in [-0.1, -0.05) is 25.4 Å². The average Bonchev–Trinajstić information content (AvgIpc) is 2.64. The van der Waals surface area contributed by atoms with Gasteiger partial charge in [0.25, 0.3) is 5.91 Å². The van der Waals surface area contributed by atoms with Crippen molar-refractivity contribution in [3.05, 3.63) is 53.6 Å². The summed E-state index contributed by atoms with van der Waals surface area (Å²) in [6.07, 6.45) is -0.731. The second-order valence-electron chi connectivity index (χ2n) is 5.82. The largest absolute Gasteiger partial charge is 0.481 e. The summed E-state index contributed by atoms with van der Waals surface area (Å²) in [5.74, 6) is 0.187. The summed E-state index contributed by atoms with van der Waals surface area (Å²) in [5, 5.41) is 3.29. The fourth-order valence-corrected chi connectivity index (χ4v) is 4.02. The Morgan fingerprint density at radius 3 is 2.15 bits per heavy atom. The minimum Gasteiger partial charge on any atom is -0.481 e. The van der Waals surface area contributed by atoms with E-state index in [9.17, 15) is 13.2 Å². The first-order valence-electron chi connectivity index (χ1n) is 8.61. The molecule has 2 rings (SSSR count). The van der Waals surface area contributed by atoms with Gasteiger partial charge in [0.1, 0.15) is 5.75 Å². The lowest BCUT2D eigenvalue weighted by molar-refractivity contribution is -0.122. The summed E-state index contributed by atoms with van der Waals surface area (Å²) in [6.45, 7) is 6.01. The topological polar surface area (TPSA) is 75.7 Å². The third-order valence-corrected chi connectivity index (χ3v) is 6.28. The number of anilines is 1. The Morgan fingerprint density at radius 2 is 1.63 bits per heavy atom. The number of benzene rings is 2. The molecule has 146 valence electrons. The molecule has 1 atom stereocenters. The smallest absolute Gasteiger partial charge is 0.265 e. The molecule has 0 spiro atoms. The van der Waals surface area contributed by atoms with E-state index in [2.05, 4.69) is 5.32 Å². The lowest BCUT2D eigenvalue weighted by atomic mass is 10.3. The predicted molar refractivity (Wildman–Crippen MR) is 107 cm³/mol. The van der Waals surface area contributed by atoms with Crippen LogP contribution in [-0.2, 0) is 14.8 Å². The van der Waals surface area contributed by atoms with Gasteiger partial charge in [-0.25, -0.2) is 8.42 Å². The van der Waals surface area contributed by atoms with E-state index in [-0.39, 0.29) is 10.8 Å². The van der Waals surface area contributed by atoms with Gasteiger partial charge in [0, 0.05) is 23.8 Å². The zero-order valence-corrected chi connectivity index (χ0v) is 17.0. The number of hydrogen-bond acceptors (Lipinski definition) is 4.